The first-order valence-corrected chi connectivity index (χ1v) is 7.87. The molecular weight excluding hydrogens is 259 g/mol. The molecule has 0 amide bonds. The van der Waals surface area contributed by atoms with Gasteiger partial charge < -0.3 is 0 Å². The summed E-state index contributed by atoms with van der Waals surface area (Å²) in [6, 6.07) is 4.18. The zero-order valence-electron chi connectivity index (χ0n) is 9.60. The Morgan fingerprint density at radius 3 is 2.71 bits per heavy atom. The van der Waals surface area contributed by atoms with E-state index in [0.717, 1.165) is 0 Å². The summed E-state index contributed by atoms with van der Waals surface area (Å²) < 4.78 is 37.3. The van der Waals surface area contributed by atoms with Crippen LogP contribution in [-0.2, 0) is 9.84 Å². The highest BCUT2D eigenvalue weighted by Crippen LogP contribution is 2.37. The fourth-order valence-corrected chi connectivity index (χ4v) is 4.06. The molecule has 0 N–H and O–H groups in total. The van der Waals surface area contributed by atoms with E-state index in [9.17, 15) is 12.8 Å². The van der Waals surface area contributed by atoms with E-state index < -0.39 is 15.7 Å². The molecule has 0 saturated carbocycles. The minimum absolute atomic E-state index is 0.0943. The van der Waals surface area contributed by atoms with Crippen molar-refractivity contribution in [2.24, 2.45) is 0 Å². The van der Waals surface area contributed by atoms with Crippen LogP contribution in [0.2, 0.25) is 0 Å². The summed E-state index contributed by atoms with van der Waals surface area (Å²) in [6.45, 7) is 4.05. The van der Waals surface area contributed by atoms with E-state index in [1.54, 1.807) is 11.8 Å². The topological polar surface area (TPSA) is 34.1 Å². The smallest absolute Gasteiger partial charge is 0.200 e. The summed E-state index contributed by atoms with van der Waals surface area (Å²) in [5, 5.41) is 1.57. The average Bonchev–Trinajstić information content (AvgIpc) is 2.49. The molecule has 0 saturated heterocycles. The van der Waals surface area contributed by atoms with Crippen LogP contribution in [0.5, 0.6) is 0 Å². The number of hydrogen-bond donors (Lipinski definition) is 0. The molecule has 0 unspecified atom stereocenters. The Morgan fingerprint density at radius 1 is 1.35 bits per heavy atom. The van der Waals surface area contributed by atoms with Crippen molar-refractivity contribution in [1.82, 2.24) is 0 Å². The van der Waals surface area contributed by atoms with Crippen LogP contribution >= 0.6 is 11.8 Å². The first-order chi connectivity index (χ1) is 7.92. The SMILES string of the molecule is CC(C)SCC1=CS(=O)(=O)c2cccc(F)c21. The van der Waals surface area contributed by atoms with Gasteiger partial charge in [-0.2, -0.15) is 11.8 Å². The fraction of sp³-hybridized carbons (Fsp3) is 0.333. The third-order valence-electron chi connectivity index (χ3n) is 2.47. The maximum atomic E-state index is 13.7. The molecule has 1 aromatic carbocycles. The molecule has 2 rings (SSSR count). The largest absolute Gasteiger partial charge is 0.219 e. The lowest BCUT2D eigenvalue weighted by Gasteiger charge is -2.07. The molecule has 1 aliphatic rings. The zero-order chi connectivity index (χ0) is 12.6. The summed E-state index contributed by atoms with van der Waals surface area (Å²) >= 11 is 1.60. The van der Waals surface area contributed by atoms with Crippen LogP contribution in [0, 0.1) is 5.82 Å². The number of sulfone groups is 1. The summed E-state index contributed by atoms with van der Waals surface area (Å²) in [7, 11) is -3.44. The molecule has 1 heterocycles. The number of thioether (sulfide) groups is 1. The number of hydrogen-bond acceptors (Lipinski definition) is 3. The number of fused-ring (bicyclic) bond motifs is 1. The molecular formula is C12H13FO2S2. The molecule has 0 fully saturated rings. The van der Waals surface area contributed by atoms with Crippen molar-refractivity contribution in [3.63, 3.8) is 0 Å². The van der Waals surface area contributed by atoms with Gasteiger partial charge in [-0.05, 0) is 23.0 Å². The second kappa shape index (κ2) is 4.46. The predicted octanol–water partition coefficient (Wildman–Crippen LogP) is 3.10. The molecule has 1 aromatic rings. The van der Waals surface area contributed by atoms with Crippen LogP contribution in [0.25, 0.3) is 5.57 Å². The quantitative estimate of drug-likeness (QED) is 0.848. The molecule has 0 aromatic heterocycles. The summed E-state index contributed by atoms with van der Waals surface area (Å²) in [5.74, 6) is 0.0596. The van der Waals surface area contributed by atoms with E-state index >= 15 is 0 Å². The lowest BCUT2D eigenvalue weighted by Crippen LogP contribution is -1.96. The third-order valence-corrected chi connectivity index (χ3v) is 5.17. The molecule has 17 heavy (non-hydrogen) atoms. The maximum Gasteiger partial charge on any atom is 0.200 e. The standard InChI is InChI=1S/C12H13FO2S2/c1-8(2)16-6-9-7-17(14,15)11-5-3-4-10(13)12(9)11/h3-5,7-8H,6H2,1-2H3. The Bertz CT molecular complexity index is 574. The molecule has 0 bridgehead atoms. The van der Waals surface area contributed by atoms with Gasteiger partial charge in [0.05, 0.1) is 4.90 Å². The lowest BCUT2D eigenvalue weighted by molar-refractivity contribution is 0.599. The molecule has 0 aliphatic carbocycles. The minimum atomic E-state index is -3.44. The van der Waals surface area contributed by atoms with E-state index in [0.29, 0.717) is 16.6 Å². The first-order valence-electron chi connectivity index (χ1n) is 5.28. The van der Waals surface area contributed by atoms with E-state index in [-0.39, 0.29) is 10.5 Å². The number of halogens is 1. The van der Waals surface area contributed by atoms with Crippen molar-refractivity contribution < 1.29 is 12.8 Å². The highest BCUT2D eigenvalue weighted by molar-refractivity contribution is 8.00. The predicted molar refractivity (Wildman–Crippen MR) is 69.2 cm³/mol. The summed E-state index contributed by atoms with van der Waals surface area (Å²) in [6.07, 6.45) is 0. The van der Waals surface area contributed by atoms with E-state index in [1.165, 1.54) is 23.6 Å². The van der Waals surface area contributed by atoms with Gasteiger partial charge in [-0.25, -0.2) is 12.8 Å². The Balaban J connectivity index is 2.45. The van der Waals surface area contributed by atoms with E-state index in [1.807, 2.05) is 13.8 Å². The van der Waals surface area contributed by atoms with Crippen LogP contribution in [0.1, 0.15) is 19.4 Å². The first kappa shape index (κ1) is 12.6. The van der Waals surface area contributed by atoms with Gasteiger partial charge >= 0.3 is 0 Å². The molecule has 5 heteroatoms. The second-order valence-corrected chi connectivity index (χ2v) is 7.49. The molecule has 92 valence electrons. The minimum Gasteiger partial charge on any atom is -0.219 e. The summed E-state index contributed by atoms with van der Waals surface area (Å²) in [5.41, 5.74) is 0.817. The molecule has 0 atom stereocenters. The van der Waals surface area contributed by atoms with E-state index in [4.69, 9.17) is 0 Å². The van der Waals surface area contributed by atoms with Gasteiger partial charge in [0, 0.05) is 16.7 Å². The van der Waals surface area contributed by atoms with Gasteiger partial charge in [-0.15, -0.1) is 0 Å². The van der Waals surface area contributed by atoms with Crippen LogP contribution in [-0.4, -0.2) is 19.4 Å². The number of rotatable bonds is 3. The van der Waals surface area contributed by atoms with Gasteiger partial charge in [-0.1, -0.05) is 19.9 Å². The summed E-state index contributed by atoms with van der Waals surface area (Å²) in [4.78, 5) is 0.0943. The van der Waals surface area contributed by atoms with Crippen molar-refractivity contribution in [2.45, 2.75) is 24.0 Å². The normalized spacial score (nSPS) is 17.1. The van der Waals surface area contributed by atoms with Gasteiger partial charge in [0.2, 0.25) is 9.84 Å². The van der Waals surface area contributed by atoms with Gasteiger partial charge in [-0.3, -0.25) is 0 Å². The maximum absolute atomic E-state index is 13.7. The fourth-order valence-electron chi connectivity index (χ4n) is 1.73. The Hall–Kier alpha value is -0.810. The number of benzene rings is 1. The van der Waals surface area contributed by atoms with E-state index in [2.05, 4.69) is 0 Å². The van der Waals surface area contributed by atoms with Crippen LogP contribution in [0.3, 0.4) is 0 Å². The van der Waals surface area contributed by atoms with Crippen LogP contribution < -0.4 is 0 Å². The Morgan fingerprint density at radius 2 is 2.06 bits per heavy atom. The van der Waals surface area contributed by atoms with Crippen molar-refractivity contribution in [3.8, 4) is 0 Å². The monoisotopic (exact) mass is 272 g/mol. The zero-order valence-corrected chi connectivity index (χ0v) is 11.2. The van der Waals surface area contributed by atoms with Gasteiger partial charge in [0.15, 0.2) is 0 Å². The van der Waals surface area contributed by atoms with Gasteiger partial charge in [0.25, 0.3) is 0 Å². The lowest BCUT2D eigenvalue weighted by atomic mass is 10.1. The van der Waals surface area contributed by atoms with Crippen molar-refractivity contribution in [1.29, 1.82) is 0 Å². The van der Waals surface area contributed by atoms with Crippen molar-refractivity contribution in [2.75, 3.05) is 5.75 Å². The second-order valence-electron chi connectivity index (χ2n) is 4.16. The Labute approximate surface area is 105 Å². The van der Waals surface area contributed by atoms with Crippen molar-refractivity contribution in [3.05, 3.63) is 35.0 Å². The third kappa shape index (κ3) is 2.40. The molecule has 0 spiro atoms. The highest BCUT2D eigenvalue weighted by atomic mass is 32.2. The van der Waals surface area contributed by atoms with Crippen LogP contribution in [0.4, 0.5) is 4.39 Å². The Kier molecular flexibility index (Phi) is 3.32. The van der Waals surface area contributed by atoms with Crippen LogP contribution in [0.15, 0.2) is 28.5 Å². The van der Waals surface area contributed by atoms with Gasteiger partial charge in [0.1, 0.15) is 5.82 Å². The molecule has 2 nitrogen and oxygen atoms in total. The molecule has 1 aliphatic heterocycles. The highest BCUT2D eigenvalue weighted by Gasteiger charge is 2.29. The average molecular weight is 272 g/mol. The van der Waals surface area contributed by atoms with Crippen molar-refractivity contribution >= 4 is 27.2 Å². The molecule has 0 radical (unpaired) electrons.